The molecule has 0 radical (unpaired) electrons. The predicted molar refractivity (Wildman–Crippen MR) is 109 cm³/mol. The van der Waals surface area contributed by atoms with Crippen LogP contribution in [0.4, 0.5) is 5.69 Å². The summed E-state index contributed by atoms with van der Waals surface area (Å²) < 4.78 is 10.9. The number of thiocarbonyl (C=S) groups is 1. The quantitative estimate of drug-likeness (QED) is 0.706. The Bertz CT molecular complexity index is 684. The Morgan fingerprint density at radius 1 is 1.23 bits per heavy atom. The second-order valence-corrected chi connectivity index (χ2v) is 6.92. The van der Waals surface area contributed by atoms with Crippen molar-refractivity contribution in [1.82, 2.24) is 9.80 Å². The summed E-state index contributed by atoms with van der Waals surface area (Å²) in [5, 5.41) is 4.02. The maximum Gasteiger partial charge on any atom is 0.173 e. The number of para-hydroxylation sites is 2. The van der Waals surface area contributed by atoms with Crippen molar-refractivity contribution in [3.05, 3.63) is 48.4 Å². The third-order valence-corrected chi connectivity index (χ3v) is 5.02. The molecule has 0 aliphatic carbocycles. The molecule has 0 amide bonds. The molecule has 1 aliphatic rings. The molecule has 2 heterocycles. The van der Waals surface area contributed by atoms with Crippen LogP contribution in [-0.2, 0) is 6.54 Å². The molecular weight excluding hydrogens is 346 g/mol. The molecular formula is C20H27N3O2S. The van der Waals surface area contributed by atoms with Gasteiger partial charge in [-0.15, -0.1) is 0 Å². The molecule has 5 nitrogen and oxygen atoms in total. The summed E-state index contributed by atoms with van der Waals surface area (Å²) in [5.74, 6) is 1.69. The summed E-state index contributed by atoms with van der Waals surface area (Å²) in [4.78, 5) is 4.69. The first-order chi connectivity index (χ1) is 12.8. The van der Waals surface area contributed by atoms with Gasteiger partial charge in [-0.05, 0) is 75.4 Å². The van der Waals surface area contributed by atoms with E-state index in [0.29, 0.717) is 11.7 Å². The number of anilines is 1. The zero-order valence-electron chi connectivity index (χ0n) is 15.3. The first kappa shape index (κ1) is 18.7. The second kappa shape index (κ2) is 9.59. The molecule has 1 fully saturated rings. The highest BCUT2D eigenvalue weighted by molar-refractivity contribution is 7.80. The van der Waals surface area contributed by atoms with Crippen LogP contribution in [0.3, 0.4) is 0 Å². The first-order valence-electron chi connectivity index (χ1n) is 9.20. The van der Waals surface area contributed by atoms with Crippen molar-refractivity contribution in [1.29, 1.82) is 0 Å². The van der Waals surface area contributed by atoms with Crippen molar-refractivity contribution in [3.63, 3.8) is 0 Å². The zero-order valence-corrected chi connectivity index (χ0v) is 16.1. The largest absolute Gasteiger partial charge is 0.495 e. The van der Waals surface area contributed by atoms with E-state index in [1.807, 2.05) is 36.4 Å². The Morgan fingerprint density at radius 2 is 2.04 bits per heavy atom. The lowest BCUT2D eigenvalue weighted by atomic mass is 10.3. The number of hydrogen-bond donors (Lipinski definition) is 1. The molecule has 1 aromatic heterocycles. The van der Waals surface area contributed by atoms with Crippen LogP contribution in [0.1, 0.15) is 25.0 Å². The summed E-state index contributed by atoms with van der Waals surface area (Å²) in [6, 6.07) is 11.7. The van der Waals surface area contributed by atoms with Crippen molar-refractivity contribution in [3.8, 4) is 5.75 Å². The van der Waals surface area contributed by atoms with Crippen LogP contribution >= 0.6 is 12.2 Å². The molecule has 26 heavy (non-hydrogen) atoms. The van der Waals surface area contributed by atoms with Crippen LogP contribution in [-0.4, -0.2) is 48.2 Å². The van der Waals surface area contributed by atoms with Crippen LogP contribution in [0.25, 0.3) is 0 Å². The maximum atomic E-state index is 5.69. The minimum absolute atomic E-state index is 0.661. The number of furan rings is 1. The number of nitrogens with one attached hydrogen (secondary N) is 1. The number of rotatable bonds is 8. The Kier molecular flexibility index (Phi) is 6.91. The molecule has 0 saturated carbocycles. The molecule has 0 spiro atoms. The lowest BCUT2D eigenvalue weighted by Gasteiger charge is -2.26. The van der Waals surface area contributed by atoms with Crippen LogP contribution < -0.4 is 10.1 Å². The fourth-order valence-corrected chi connectivity index (χ4v) is 3.54. The van der Waals surface area contributed by atoms with Gasteiger partial charge in [-0.1, -0.05) is 12.1 Å². The Morgan fingerprint density at radius 3 is 2.77 bits per heavy atom. The molecule has 1 aliphatic heterocycles. The van der Waals surface area contributed by atoms with E-state index in [1.54, 1.807) is 13.4 Å². The van der Waals surface area contributed by atoms with Gasteiger partial charge in [0.15, 0.2) is 5.11 Å². The standard InChI is InChI=1S/C20H27N3O2S/c1-24-19-10-3-2-9-18(19)21-20(26)23(16-17-8-6-15-25-17)14-7-13-22-11-4-5-12-22/h2-3,6,8-10,15H,4-5,7,11-14,16H2,1H3,(H,21,26). The van der Waals surface area contributed by atoms with E-state index < -0.39 is 0 Å². The third-order valence-electron chi connectivity index (χ3n) is 4.66. The molecule has 0 bridgehead atoms. The lowest BCUT2D eigenvalue weighted by molar-refractivity contribution is 0.298. The molecule has 0 atom stereocenters. The molecule has 3 rings (SSSR count). The van der Waals surface area contributed by atoms with E-state index in [0.717, 1.165) is 36.7 Å². The molecule has 6 heteroatoms. The number of benzene rings is 1. The van der Waals surface area contributed by atoms with Crippen LogP contribution in [0.2, 0.25) is 0 Å². The maximum absolute atomic E-state index is 5.69. The van der Waals surface area contributed by atoms with E-state index in [2.05, 4.69) is 15.1 Å². The van der Waals surface area contributed by atoms with Gasteiger partial charge in [-0.2, -0.15) is 0 Å². The number of likely N-dealkylation sites (tertiary alicyclic amines) is 1. The fourth-order valence-electron chi connectivity index (χ4n) is 3.28. The Balaban J connectivity index is 1.61. The summed E-state index contributed by atoms with van der Waals surface area (Å²) in [7, 11) is 1.67. The van der Waals surface area contributed by atoms with E-state index in [9.17, 15) is 0 Å². The minimum Gasteiger partial charge on any atom is -0.495 e. The first-order valence-corrected chi connectivity index (χ1v) is 9.61. The number of hydrogen-bond acceptors (Lipinski definition) is 4. The molecule has 1 aromatic carbocycles. The summed E-state index contributed by atoms with van der Waals surface area (Å²) in [5.41, 5.74) is 0.879. The van der Waals surface area contributed by atoms with Gasteiger partial charge in [0.2, 0.25) is 0 Å². The Labute approximate surface area is 160 Å². The second-order valence-electron chi connectivity index (χ2n) is 6.53. The smallest absolute Gasteiger partial charge is 0.173 e. The number of nitrogens with zero attached hydrogens (tertiary/aromatic N) is 2. The average Bonchev–Trinajstić information content (AvgIpc) is 3.35. The van der Waals surface area contributed by atoms with Gasteiger partial charge in [0, 0.05) is 6.54 Å². The lowest BCUT2D eigenvalue weighted by Crippen LogP contribution is -2.36. The van der Waals surface area contributed by atoms with Gasteiger partial charge in [-0.3, -0.25) is 0 Å². The zero-order chi connectivity index (χ0) is 18.2. The van der Waals surface area contributed by atoms with Gasteiger partial charge in [0.25, 0.3) is 0 Å². The van der Waals surface area contributed by atoms with Crippen LogP contribution in [0.5, 0.6) is 5.75 Å². The van der Waals surface area contributed by atoms with Crippen LogP contribution in [0, 0.1) is 0 Å². The van der Waals surface area contributed by atoms with Crippen molar-refractivity contribution >= 4 is 23.0 Å². The monoisotopic (exact) mass is 373 g/mol. The van der Waals surface area contributed by atoms with E-state index in [-0.39, 0.29) is 0 Å². The molecule has 140 valence electrons. The van der Waals surface area contributed by atoms with Gasteiger partial charge in [-0.25, -0.2) is 0 Å². The van der Waals surface area contributed by atoms with Crippen LogP contribution in [0.15, 0.2) is 47.1 Å². The summed E-state index contributed by atoms with van der Waals surface area (Å²) in [6.07, 6.45) is 5.43. The van der Waals surface area contributed by atoms with Gasteiger partial charge >= 0.3 is 0 Å². The highest BCUT2D eigenvalue weighted by Gasteiger charge is 2.16. The number of ether oxygens (including phenoxy) is 1. The van der Waals surface area contributed by atoms with E-state index >= 15 is 0 Å². The molecule has 0 unspecified atom stereocenters. The summed E-state index contributed by atoms with van der Waals surface area (Å²) >= 11 is 5.69. The predicted octanol–water partition coefficient (Wildman–Crippen LogP) is 3.97. The van der Waals surface area contributed by atoms with E-state index in [1.165, 1.54) is 25.9 Å². The van der Waals surface area contributed by atoms with Gasteiger partial charge in [0.05, 0.1) is 25.6 Å². The molecule has 2 aromatic rings. The van der Waals surface area contributed by atoms with Gasteiger partial charge < -0.3 is 24.3 Å². The highest BCUT2D eigenvalue weighted by Crippen LogP contribution is 2.23. The summed E-state index contributed by atoms with van der Waals surface area (Å²) in [6.45, 7) is 5.11. The van der Waals surface area contributed by atoms with Crippen molar-refractivity contribution in [2.24, 2.45) is 0 Å². The van der Waals surface area contributed by atoms with E-state index in [4.69, 9.17) is 21.4 Å². The topological polar surface area (TPSA) is 40.9 Å². The van der Waals surface area contributed by atoms with Crippen molar-refractivity contribution in [2.45, 2.75) is 25.8 Å². The van der Waals surface area contributed by atoms with Crippen molar-refractivity contribution in [2.75, 3.05) is 38.6 Å². The molecule has 1 N–H and O–H groups in total. The number of methoxy groups -OCH3 is 1. The Hall–Kier alpha value is -2.05. The highest BCUT2D eigenvalue weighted by atomic mass is 32.1. The fraction of sp³-hybridized carbons (Fsp3) is 0.450. The van der Waals surface area contributed by atoms with Crippen molar-refractivity contribution < 1.29 is 9.15 Å². The molecule has 1 saturated heterocycles. The normalized spacial score (nSPS) is 14.3. The SMILES string of the molecule is COc1ccccc1NC(=S)N(CCCN1CCCC1)Cc1ccco1. The third kappa shape index (κ3) is 5.22. The van der Waals surface area contributed by atoms with Gasteiger partial charge in [0.1, 0.15) is 11.5 Å². The minimum atomic E-state index is 0.661. The average molecular weight is 374 g/mol.